The Morgan fingerprint density at radius 1 is 1.16 bits per heavy atom. The Kier molecular flexibility index (Phi) is 4.57. The molecule has 3 rings (SSSR count). The van der Waals surface area contributed by atoms with Crippen molar-refractivity contribution < 1.29 is 27.5 Å². The zero-order chi connectivity index (χ0) is 17.9. The Morgan fingerprint density at radius 2 is 1.88 bits per heavy atom. The highest BCUT2D eigenvalue weighted by molar-refractivity contribution is 7.90. The molecule has 1 amide bonds. The lowest BCUT2D eigenvalue weighted by Gasteiger charge is -2.05. The van der Waals surface area contributed by atoms with Crippen molar-refractivity contribution in [1.29, 1.82) is 0 Å². The van der Waals surface area contributed by atoms with Crippen molar-refractivity contribution in [2.75, 3.05) is 6.79 Å². The maximum atomic E-state index is 12.0. The Bertz CT molecular complexity index is 922. The van der Waals surface area contributed by atoms with Gasteiger partial charge in [-0.3, -0.25) is 4.84 Å². The van der Waals surface area contributed by atoms with Crippen LogP contribution in [0.25, 0.3) is 0 Å². The van der Waals surface area contributed by atoms with Crippen LogP contribution in [-0.4, -0.2) is 27.5 Å². The van der Waals surface area contributed by atoms with E-state index in [1.54, 1.807) is 35.1 Å². The van der Waals surface area contributed by atoms with E-state index in [4.69, 9.17) is 9.47 Å². The minimum atomic E-state index is -4.01. The number of hydrogen-bond acceptors (Lipinski definition) is 7. The number of amides is 1. The van der Waals surface area contributed by atoms with Crippen LogP contribution >= 0.6 is 0 Å². The summed E-state index contributed by atoms with van der Waals surface area (Å²) < 4.78 is 36.2. The molecule has 0 aliphatic carbocycles. The van der Waals surface area contributed by atoms with Crippen LogP contribution in [0.4, 0.5) is 4.79 Å². The molecule has 9 heteroatoms. The summed E-state index contributed by atoms with van der Waals surface area (Å²) in [7, 11) is -4.01. The largest absolute Gasteiger partial charge is 0.454 e. The second kappa shape index (κ2) is 6.81. The molecule has 1 aliphatic rings. The molecule has 1 heterocycles. The van der Waals surface area contributed by atoms with Crippen LogP contribution in [0.5, 0.6) is 11.5 Å². The lowest BCUT2D eigenvalue weighted by molar-refractivity contribution is 0.158. The van der Waals surface area contributed by atoms with E-state index in [0.29, 0.717) is 17.1 Å². The van der Waals surface area contributed by atoms with Crippen LogP contribution in [0.1, 0.15) is 11.1 Å². The molecule has 0 aromatic heterocycles. The van der Waals surface area contributed by atoms with Crippen molar-refractivity contribution in [3.05, 3.63) is 53.6 Å². The maximum absolute atomic E-state index is 12.0. The quantitative estimate of drug-likeness (QED) is 0.508. The fraction of sp³-hybridized carbons (Fsp3) is 0.125. The van der Waals surface area contributed by atoms with Gasteiger partial charge in [0.15, 0.2) is 11.5 Å². The predicted octanol–water partition coefficient (Wildman–Crippen LogP) is 2.17. The number of ether oxygens (including phenoxy) is 2. The molecule has 0 fully saturated rings. The van der Waals surface area contributed by atoms with Gasteiger partial charge in [-0.05, 0) is 37.3 Å². The van der Waals surface area contributed by atoms with E-state index in [9.17, 15) is 13.2 Å². The van der Waals surface area contributed by atoms with Gasteiger partial charge in [0.1, 0.15) is 0 Å². The van der Waals surface area contributed by atoms with Crippen LogP contribution in [0, 0.1) is 6.92 Å². The smallest absolute Gasteiger partial charge is 0.447 e. The molecule has 25 heavy (non-hydrogen) atoms. The lowest BCUT2D eigenvalue weighted by Crippen LogP contribution is -2.30. The molecule has 0 spiro atoms. The predicted molar refractivity (Wildman–Crippen MR) is 88.1 cm³/mol. The number of carbonyl (C=O) groups excluding carboxylic acids is 1. The lowest BCUT2D eigenvalue weighted by atomic mass is 10.2. The van der Waals surface area contributed by atoms with Gasteiger partial charge in [0, 0.05) is 5.56 Å². The topological polar surface area (TPSA) is 103 Å². The number of fused-ring (bicyclic) bond motifs is 1. The summed E-state index contributed by atoms with van der Waals surface area (Å²) in [5, 5.41) is 3.46. The molecule has 0 bridgehead atoms. The first-order chi connectivity index (χ1) is 11.9. The van der Waals surface area contributed by atoms with E-state index in [2.05, 4.69) is 9.99 Å². The van der Waals surface area contributed by atoms with E-state index in [1.807, 2.05) is 6.92 Å². The van der Waals surface area contributed by atoms with E-state index in [-0.39, 0.29) is 11.7 Å². The Labute approximate surface area is 144 Å². The average Bonchev–Trinajstić information content (AvgIpc) is 3.02. The zero-order valence-electron chi connectivity index (χ0n) is 13.1. The van der Waals surface area contributed by atoms with Crippen molar-refractivity contribution in [1.82, 2.24) is 4.72 Å². The number of oxime groups is 1. The monoisotopic (exact) mass is 362 g/mol. The third kappa shape index (κ3) is 4.07. The maximum Gasteiger partial charge on any atom is 0.447 e. The average molecular weight is 362 g/mol. The Balaban J connectivity index is 1.60. The van der Waals surface area contributed by atoms with Gasteiger partial charge >= 0.3 is 6.09 Å². The number of rotatable bonds is 4. The number of sulfonamides is 1. The molecule has 1 aliphatic heterocycles. The molecule has 1 N–H and O–H groups in total. The standard InChI is InChI=1S/C16H14N2O6S/c1-11-2-5-13(6-3-11)25(20,21)18-16(19)24-17-9-12-4-7-14-15(8-12)23-10-22-14/h2-9H,10H2,1H3,(H,18,19)/b17-9+. The fourth-order valence-electron chi connectivity index (χ4n) is 2.03. The van der Waals surface area contributed by atoms with Gasteiger partial charge in [0.05, 0.1) is 11.1 Å². The molecule has 0 radical (unpaired) electrons. The first-order valence-electron chi connectivity index (χ1n) is 7.17. The zero-order valence-corrected chi connectivity index (χ0v) is 13.9. The van der Waals surface area contributed by atoms with Crippen molar-refractivity contribution in [3.8, 4) is 11.5 Å². The number of nitrogens with zero attached hydrogens (tertiary/aromatic N) is 1. The summed E-state index contributed by atoms with van der Waals surface area (Å²) >= 11 is 0. The molecule has 0 unspecified atom stereocenters. The number of hydrogen-bond donors (Lipinski definition) is 1. The van der Waals surface area contributed by atoms with Crippen LogP contribution in [0.15, 0.2) is 52.5 Å². The van der Waals surface area contributed by atoms with Crippen LogP contribution in [0.3, 0.4) is 0 Å². The van der Waals surface area contributed by atoms with Crippen molar-refractivity contribution in [3.63, 3.8) is 0 Å². The highest BCUT2D eigenvalue weighted by Crippen LogP contribution is 2.31. The van der Waals surface area contributed by atoms with E-state index < -0.39 is 16.1 Å². The molecule has 2 aromatic carbocycles. The molecule has 0 atom stereocenters. The van der Waals surface area contributed by atoms with Gasteiger partial charge in [0.2, 0.25) is 6.79 Å². The summed E-state index contributed by atoms with van der Waals surface area (Å²) in [6, 6.07) is 11.0. The highest BCUT2D eigenvalue weighted by Gasteiger charge is 2.18. The van der Waals surface area contributed by atoms with Crippen LogP contribution in [0.2, 0.25) is 0 Å². The van der Waals surface area contributed by atoms with Crippen LogP contribution in [-0.2, 0) is 14.9 Å². The summed E-state index contributed by atoms with van der Waals surface area (Å²) in [6.07, 6.45) is 0.0395. The second-order valence-electron chi connectivity index (χ2n) is 5.14. The Hall–Kier alpha value is -3.07. The number of nitrogens with one attached hydrogen (secondary N) is 1. The molecule has 2 aromatic rings. The van der Waals surface area contributed by atoms with Gasteiger partial charge < -0.3 is 9.47 Å². The molecule has 0 saturated heterocycles. The van der Waals surface area contributed by atoms with Gasteiger partial charge in [-0.25, -0.2) is 17.9 Å². The van der Waals surface area contributed by atoms with Crippen LogP contribution < -0.4 is 14.2 Å². The summed E-state index contributed by atoms with van der Waals surface area (Å²) in [6.45, 7) is 1.97. The molecular weight excluding hydrogens is 348 g/mol. The summed E-state index contributed by atoms with van der Waals surface area (Å²) in [5.41, 5.74) is 1.49. The molecule has 130 valence electrons. The van der Waals surface area contributed by atoms with E-state index in [1.165, 1.54) is 18.3 Å². The molecule has 0 saturated carbocycles. The first kappa shape index (κ1) is 16.8. The minimum absolute atomic E-state index is 0.0465. The van der Waals surface area contributed by atoms with Gasteiger partial charge in [0.25, 0.3) is 10.0 Å². The van der Waals surface area contributed by atoms with Gasteiger partial charge in [-0.2, -0.15) is 0 Å². The minimum Gasteiger partial charge on any atom is -0.454 e. The highest BCUT2D eigenvalue weighted by atomic mass is 32.2. The van der Waals surface area contributed by atoms with Crippen molar-refractivity contribution in [2.45, 2.75) is 11.8 Å². The van der Waals surface area contributed by atoms with E-state index >= 15 is 0 Å². The summed E-state index contributed by atoms with van der Waals surface area (Å²) in [5.74, 6) is 1.16. The normalized spacial score (nSPS) is 13.0. The SMILES string of the molecule is Cc1ccc(S(=O)(=O)NC(=O)O/N=C/c2ccc3c(c2)OCO3)cc1. The third-order valence-electron chi connectivity index (χ3n) is 3.28. The van der Waals surface area contributed by atoms with Gasteiger partial charge in [-0.15, -0.1) is 0 Å². The summed E-state index contributed by atoms with van der Waals surface area (Å²) in [4.78, 5) is 16.1. The molecule has 8 nitrogen and oxygen atoms in total. The van der Waals surface area contributed by atoms with Gasteiger partial charge in [-0.1, -0.05) is 22.9 Å². The molecular formula is C16H14N2O6S. The number of benzene rings is 2. The second-order valence-corrected chi connectivity index (χ2v) is 6.83. The third-order valence-corrected chi connectivity index (χ3v) is 4.61. The van der Waals surface area contributed by atoms with Crippen molar-refractivity contribution >= 4 is 22.3 Å². The van der Waals surface area contributed by atoms with E-state index in [0.717, 1.165) is 5.56 Å². The first-order valence-corrected chi connectivity index (χ1v) is 8.66. The Morgan fingerprint density at radius 3 is 2.64 bits per heavy atom. The van der Waals surface area contributed by atoms with Crippen molar-refractivity contribution in [2.24, 2.45) is 5.16 Å². The fourth-order valence-corrected chi connectivity index (χ4v) is 2.90. The number of carbonyl (C=O) groups is 1. The number of aryl methyl sites for hydroxylation is 1.